The van der Waals surface area contributed by atoms with E-state index in [1.54, 1.807) is 14.1 Å². The van der Waals surface area contributed by atoms with Gasteiger partial charge in [0.15, 0.2) is 0 Å². The summed E-state index contributed by atoms with van der Waals surface area (Å²) in [6.45, 7) is 1.00. The smallest absolute Gasteiger partial charge is 0.316 e. The third-order valence-electron chi connectivity index (χ3n) is 2.84. The van der Waals surface area contributed by atoms with Crippen LogP contribution in [0.1, 0.15) is 24.6 Å². The minimum atomic E-state index is -0.142. The first-order valence-corrected chi connectivity index (χ1v) is 6.36. The molecule has 104 valence electrons. The molecule has 0 aromatic carbocycles. The lowest BCUT2D eigenvalue weighted by molar-refractivity contribution is 0.218. The molecule has 0 saturated heterocycles. The molecule has 0 bridgehead atoms. The largest absolute Gasteiger partial charge is 0.368 e. The van der Waals surface area contributed by atoms with Gasteiger partial charge >= 0.3 is 6.03 Å². The Morgan fingerprint density at radius 1 is 1.47 bits per heavy atom. The van der Waals surface area contributed by atoms with Crippen molar-refractivity contribution in [2.45, 2.75) is 18.8 Å². The van der Waals surface area contributed by atoms with Crippen molar-refractivity contribution < 1.29 is 4.79 Å². The number of urea groups is 1. The minimum absolute atomic E-state index is 0.140. The number of aromatic amines is 1. The number of amides is 2. The van der Waals surface area contributed by atoms with Crippen LogP contribution in [0.2, 0.25) is 0 Å². The number of aromatic nitrogens is 2. The summed E-state index contributed by atoms with van der Waals surface area (Å²) < 4.78 is 0. The summed E-state index contributed by atoms with van der Waals surface area (Å²) in [5.74, 6) is 1.72. The molecule has 1 fully saturated rings. The highest BCUT2D eigenvalue weighted by Crippen LogP contribution is 2.37. The molecule has 1 saturated carbocycles. The molecule has 7 nitrogen and oxygen atoms in total. The Kier molecular flexibility index (Phi) is 4.03. The monoisotopic (exact) mass is 265 g/mol. The number of carbonyl (C=O) groups excluding carboxylic acids is 1. The molecule has 7 heteroatoms. The zero-order chi connectivity index (χ0) is 13.8. The predicted molar refractivity (Wildman–Crippen MR) is 72.4 cm³/mol. The third-order valence-corrected chi connectivity index (χ3v) is 2.84. The van der Waals surface area contributed by atoms with Crippen LogP contribution >= 0.6 is 0 Å². The molecule has 1 aromatic rings. The summed E-state index contributed by atoms with van der Waals surface area (Å²) in [6, 6.07) is 1.29. The maximum atomic E-state index is 11.5. The molecular formula is C12H19N5O2. The van der Waals surface area contributed by atoms with Crippen molar-refractivity contribution in [1.29, 1.82) is 0 Å². The summed E-state index contributed by atoms with van der Waals surface area (Å²) in [6.07, 6.45) is 2.18. The summed E-state index contributed by atoms with van der Waals surface area (Å²) in [5, 5.41) is 5.77. The quantitative estimate of drug-likeness (QED) is 0.669. The molecule has 3 N–H and O–H groups in total. The van der Waals surface area contributed by atoms with Crippen molar-refractivity contribution in [1.82, 2.24) is 20.2 Å². The fourth-order valence-corrected chi connectivity index (χ4v) is 1.64. The van der Waals surface area contributed by atoms with E-state index in [0.717, 1.165) is 18.7 Å². The SMILES string of the molecule is CN(C)C(=O)NCCNc1cc(=O)[nH]c(C2CC2)n1. The maximum absolute atomic E-state index is 11.5. The molecule has 0 spiro atoms. The average Bonchev–Trinajstić information content (AvgIpc) is 3.17. The molecule has 0 unspecified atom stereocenters. The van der Waals surface area contributed by atoms with Crippen LogP contribution in [0.15, 0.2) is 10.9 Å². The van der Waals surface area contributed by atoms with Gasteiger partial charge in [-0.3, -0.25) is 4.79 Å². The average molecular weight is 265 g/mol. The summed E-state index contributed by atoms with van der Waals surface area (Å²) in [4.78, 5) is 31.3. The lowest BCUT2D eigenvalue weighted by Crippen LogP contribution is -2.37. The number of carbonyl (C=O) groups is 1. The van der Waals surface area contributed by atoms with E-state index in [9.17, 15) is 9.59 Å². The number of rotatable bonds is 5. The molecule has 2 rings (SSSR count). The molecule has 0 radical (unpaired) electrons. The standard InChI is InChI=1S/C12H19N5O2/c1-17(2)12(19)14-6-5-13-9-7-10(18)16-11(15-9)8-3-4-8/h7-8H,3-6H2,1-2H3,(H,14,19)(H2,13,15,16,18). The van der Waals surface area contributed by atoms with Crippen LogP contribution in [0.5, 0.6) is 0 Å². The first kappa shape index (κ1) is 13.4. The van der Waals surface area contributed by atoms with Crippen molar-refractivity contribution in [3.63, 3.8) is 0 Å². The van der Waals surface area contributed by atoms with Crippen LogP contribution in [-0.4, -0.2) is 48.1 Å². The van der Waals surface area contributed by atoms with Gasteiger partial charge in [-0.05, 0) is 12.8 Å². The number of hydrogen-bond acceptors (Lipinski definition) is 4. The van der Waals surface area contributed by atoms with Crippen LogP contribution in [-0.2, 0) is 0 Å². The fraction of sp³-hybridized carbons (Fsp3) is 0.583. The maximum Gasteiger partial charge on any atom is 0.316 e. The Hall–Kier alpha value is -2.05. The van der Waals surface area contributed by atoms with Crippen molar-refractivity contribution in [2.24, 2.45) is 0 Å². The van der Waals surface area contributed by atoms with Crippen LogP contribution in [0.25, 0.3) is 0 Å². The van der Waals surface area contributed by atoms with E-state index >= 15 is 0 Å². The van der Waals surface area contributed by atoms with E-state index in [4.69, 9.17) is 0 Å². The first-order chi connectivity index (χ1) is 9.06. The van der Waals surface area contributed by atoms with Crippen molar-refractivity contribution in [3.05, 3.63) is 22.2 Å². The van der Waals surface area contributed by atoms with Gasteiger partial charge in [0.05, 0.1) is 0 Å². The van der Waals surface area contributed by atoms with E-state index in [-0.39, 0.29) is 11.6 Å². The van der Waals surface area contributed by atoms with E-state index in [2.05, 4.69) is 20.6 Å². The van der Waals surface area contributed by atoms with Gasteiger partial charge in [0.25, 0.3) is 5.56 Å². The highest BCUT2D eigenvalue weighted by Gasteiger charge is 2.26. The predicted octanol–water partition coefficient (Wildman–Crippen LogP) is 0.330. The van der Waals surface area contributed by atoms with E-state index in [0.29, 0.717) is 24.8 Å². The van der Waals surface area contributed by atoms with Gasteiger partial charge in [-0.25, -0.2) is 9.78 Å². The molecular weight excluding hydrogens is 246 g/mol. The Morgan fingerprint density at radius 2 is 2.21 bits per heavy atom. The number of H-pyrrole nitrogens is 1. The molecule has 2 amide bonds. The molecule has 1 heterocycles. The summed E-state index contributed by atoms with van der Waals surface area (Å²) in [7, 11) is 3.37. The highest BCUT2D eigenvalue weighted by atomic mass is 16.2. The van der Waals surface area contributed by atoms with E-state index in [1.807, 2.05) is 0 Å². The van der Waals surface area contributed by atoms with Gasteiger partial charge in [-0.2, -0.15) is 0 Å². The zero-order valence-electron chi connectivity index (χ0n) is 11.2. The Balaban J connectivity index is 1.82. The van der Waals surface area contributed by atoms with E-state index in [1.165, 1.54) is 11.0 Å². The first-order valence-electron chi connectivity index (χ1n) is 6.36. The third kappa shape index (κ3) is 3.97. The highest BCUT2D eigenvalue weighted by molar-refractivity contribution is 5.73. The normalized spacial score (nSPS) is 14.0. The van der Waals surface area contributed by atoms with E-state index < -0.39 is 0 Å². The van der Waals surface area contributed by atoms with Crippen molar-refractivity contribution in [3.8, 4) is 0 Å². The topological polar surface area (TPSA) is 90.1 Å². The fourth-order valence-electron chi connectivity index (χ4n) is 1.64. The molecule has 1 aliphatic rings. The lowest BCUT2D eigenvalue weighted by Gasteiger charge is -2.12. The second-order valence-electron chi connectivity index (χ2n) is 4.84. The number of anilines is 1. The second-order valence-corrected chi connectivity index (χ2v) is 4.84. The number of nitrogens with one attached hydrogen (secondary N) is 3. The molecule has 19 heavy (non-hydrogen) atoms. The van der Waals surface area contributed by atoms with Gasteiger partial charge in [0.2, 0.25) is 0 Å². The van der Waals surface area contributed by atoms with Crippen molar-refractivity contribution >= 4 is 11.8 Å². The van der Waals surface area contributed by atoms with Crippen LogP contribution in [0, 0.1) is 0 Å². The Labute approximate surface area is 111 Å². The summed E-state index contributed by atoms with van der Waals surface area (Å²) in [5.41, 5.74) is -0.142. The van der Waals surface area contributed by atoms with Crippen molar-refractivity contribution in [2.75, 3.05) is 32.5 Å². The van der Waals surface area contributed by atoms with Crippen LogP contribution in [0.3, 0.4) is 0 Å². The molecule has 1 aliphatic carbocycles. The van der Waals surface area contributed by atoms with Gasteiger partial charge < -0.3 is 20.5 Å². The minimum Gasteiger partial charge on any atom is -0.368 e. The molecule has 0 atom stereocenters. The van der Waals surface area contributed by atoms with Crippen LogP contribution in [0.4, 0.5) is 10.6 Å². The Morgan fingerprint density at radius 3 is 2.84 bits per heavy atom. The second kappa shape index (κ2) is 5.73. The number of nitrogens with zero attached hydrogens (tertiary/aromatic N) is 2. The van der Waals surface area contributed by atoms with Gasteiger partial charge in [-0.15, -0.1) is 0 Å². The lowest BCUT2D eigenvalue weighted by atomic mass is 10.4. The number of hydrogen-bond donors (Lipinski definition) is 3. The van der Waals surface area contributed by atoms with Gasteiger partial charge in [-0.1, -0.05) is 0 Å². The van der Waals surface area contributed by atoms with Gasteiger partial charge in [0.1, 0.15) is 11.6 Å². The Bertz CT molecular complexity index is 507. The summed E-state index contributed by atoms with van der Waals surface area (Å²) >= 11 is 0. The van der Waals surface area contributed by atoms with Gasteiger partial charge in [0, 0.05) is 39.2 Å². The van der Waals surface area contributed by atoms with Crippen LogP contribution < -0.4 is 16.2 Å². The molecule has 0 aliphatic heterocycles. The zero-order valence-corrected chi connectivity index (χ0v) is 11.2. The molecule has 1 aromatic heterocycles.